The number of urea groups is 1. The summed E-state index contributed by atoms with van der Waals surface area (Å²) in [6.07, 6.45) is -3.17. The van der Waals surface area contributed by atoms with E-state index in [1.54, 1.807) is 0 Å². The second-order valence-electron chi connectivity index (χ2n) is 15.9. The van der Waals surface area contributed by atoms with Crippen LogP contribution in [-0.2, 0) is 0 Å². The van der Waals surface area contributed by atoms with Crippen LogP contribution in [0.3, 0.4) is 0 Å². The highest BCUT2D eigenvalue weighted by Crippen LogP contribution is 2.38. The molecule has 0 aromatic carbocycles. The summed E-state index contributed by atoms with van der Waals surface area (Å²) in [7, 11) is 0. The lowest BCUT2D eigenvalue weighted by atomic mass is 9.71. The Kier molecular flexibility index (Phi) is 12.8. The van der Waals surface area contributed by atoms with Crippen LogP contribution < -0.4 is 10.6 Å². The van der Waals surface area contributed by atoms with Gasteiger partial charge in [-0.15, -0.1) is 0 Å². The fraction of sp³-hybridized carbons (Fsp3) is 0.967. The Morgan fingerprint density at radius 1 is 0.821 bits per heavy atom. The first kappa shape index (κ1) is 36.1. The highest BCUT2D eigenvalue weighted by Gasteiger charge is 2.43. The fourth-order valence-corrected chi connectivity index (χ4v) is 6.73. The second kappa shape index (κ2) is 13.8. The van der Waals surface area contributed by atoms with E-state index >= 15 is 0 Å². The first-order chi connectivity index (χ1) is 17.5. The van der Waals surface area contributed by atoms with E-state index < -0.39 is 65.4 Å². The minimum Gasteiger partial charge on any atom is -0.396 e. The molecule has 0 aromatic rings. The average Bonchev–Trinajstić information content (AvgIpc) is 2.72. The second-order valence-corrected chi connectivity index (χ2v) is 15.9. The summed E-state index contributed by atoms with van der Waals surface area (Å²) in [5, 5.41) is 68.9. The summed E-state index contributed by atoms with van der Waals surface area (Å²) < 4.78 is 0. The first-order valence-corrected chi connectivity index (χ1v) is 14.6. The van der Waals surface area contributed by atoms with Gasteiger partial charge in [0.15, 0.2) is 0 Å². The van der Waals surface area contributed by atoms with Crippen molar-refractivity contribution >= 4 is 6.03 Å². The number of hydrogen-bond acceptors (Lipinski definition) is 7. The van der Waals surface area contributed by atoms with Crippen LogP contribution in [0, 0.1) is 28.1 Å². The Hall–Kier alpha value is -0.970. The van der Waals surface area contributed by atoms with Crippen molar-refractivity contribution < 1.29 is 35.4 Å². The molecule has 8 unspecified atom stereocenters. The van der Waals surface area contributed by atoms with Crippen LogP contribution in [0.1, 0.15) is 108 Å². The van der Waals surface area contributed by atoms with Crippen molar-refractivity contribution in [1.82, 2.24) is 10.6 Å². The number of aliphatic hydroxyl groups is 6. The zero-order valence-electron chi connectivity index (χ0n) is 26.2. The zero-order chi connectivity index (χ0) is 30.6. The minimum atomic E-state index is -1.38. The van der Waals surface area contributed by atoms with Crippen LogP contribution in [0.2, 0.25) is 0 Å². The Morgan fingerprint density at radius 3 is 1.82 bits per heavy atom. The molecule has 1 saturated carbocycles. The Labute approximate surface area is 236 Å². The molecule has 2 amide bonds. The van der Waals surface area contributed by atoms with Crippen LogP contribution in [-0.4, -0.2) is 85.4 Å². The van der Waals surface area contributed by atoms with E-state index in [4.69, 9.17) is 0 Å². The maximum absolute atomic E-state index is 13.1. The minimum absolute atomic E-state index is 0.00971. The van der Waals surface area contributed by atoms with Crippen LogP contribution in [0.25, 0.3) is 0 Å². The van der Waals surface area contributed by atoms with Crippen molar-refractivity contribution in [3.63, 3.8) is 0 Å². The molecule has 1 rings (SSSR count). The third kappa shape index (κ3) is 12.2. The smallest absolute Gasteiger partial charge is 0.315 e. The van der Waals surface area contributed by atoms with Gasteiger partial charge in [-0.05, 0) is 68.1 Å². The number of carbonyl (C=O) groups is 1. The van der Waals surface area contributed by atoms with Crippen LogP contribution in [0.5, 0.6) is 0 Å². The van der Waals surface area contributed by atoms with Gasteiger partial charge in [0, 0.05) is 24.5 Å². The maximum atomic E-state index is 13.1. The molecule has 8 atom stereocenters. The third-order valence-electron chi connectivity index (χ3n) is 7.91. The standard InChI is InChI=1S/C30H60N2O7/c1-27(2,3)16-29(7,8)22(35)14-21(34)20(31-26(39)32-30(9,10)17-28(4,5)6)12-11-18-13-19(15-33)24(37)25(38)23(18)36/h18-25,33-38H,11-17H2,1-10H3,(H2,31,32,39). The SMILES string of the molecule is CC(C)(C)CC(C)(C)NC(=O)NC(CCC1CC(CO)C(O)C(O)C1O)C(O)CC(O)C(C)(C)CC(C)(C)C. The summed E-state index contributed by atoms with van der Waals surface area (Å²) in [5.41, 5.74) is -0.989. The summed E-state index contributed by atoms with van der Waals surface area (Å²) in [5.74, 6) is -0.994. The predicted octanol–water partition coefficient (Wildman–Crippen LogP) is 2.93. The van der Waals surface area contributed by atoms with E-state index in [9.17, 15) is 35.4 Å². The number of amides is 2. The van der Waals surface area contributed by atoms with Gasteiger partial charge >= 0.3 is 6.03 Å². The summed E-state index contributed by atoms with van der Waals surface area (Å²) in [6.45, 7) is 20.1. The summed E-state index contributed by atoms with van der Waals surface area (Å²) >= 11 is 0. The molecule has 1 aliphatic carbocycles. The number of nitrogens with one attached hydrogen (secondary N) is 2. The molecule has 8 N–H and O–H groups in total. The molecule has 1 aliphatic rings. The van der Waals surface area contributed by atoms with Gasteiger partial charge in [0.2, 0.25) is 0 Å². The number of hydrogen-bond donors (Lipinski definition) is 8. The largest absolute Gasteiger partial charge is 0.396 e. The van der Waals surface area contributed by atoms with E-state index in [2.05, 4.69) is 52.2 Å². The van der Waals surface area contributed by atoms with Crippen LogP contribution in [0.15, 0.2) is 0 Å². The Balaban J connectivity index is 3.06. The molecule has 39 heavy (non-hydrogen) atoms. The van der Waals surface area contributed by atoms with E-state index in [1.807, 2.05) is 27.7 Å². The molecule has 0 radical (unpaired) electrons. The predicted molar refractivity (Wildman–Crippen MR) is 154 cm³/mol. The van der Waals surface area contributed by atoms with E-state index in [1.165, 1.54) is 0 Å². The van der Waals surface area contributed by atoms with Crippen molar-refractivity contribution in [2.75, 3.05) is 6.61 Å². The van der Waals surface area contributed by atoms with Gasteiger partial charge in [-0.1, -0.05) is 55.4 Å². The molecule has 0 heterocycles. The van der Waals surface area contributed by atoms with Gasteiger partial charge in [-0.25, -0.2) is 4.79 Å². The molecule has 0 bridgehead atoms. The molecule has 0 saturated heterocycles. The van der Waals surface area contributed by atoms with E-state index in [0.717, 1.165) is 12.8 Å². The van der Waals surface area contributed by atoms with Crippen molar-refractivity contribution in [3.8, 4) is 0 Å². The summed E-state index contributed by atoms with van der Waals surface area (Å²) in [4.78, 5) is 13.1. The Morgan fingerprint density at radius 2 is 1.33 bits per heavy atom. The van der Waals surface area contributed by atoms with E-state index in [-0.39, 0.29) is 30.3 Å². The molecule has 9 nitrogen and oxygen atoms in total. The molecule has 1 fully saturated rings. The highest BCUT2D eigenvalue weighted by atomic mass is 16.4. The van der Waals surface area contributed by atoms with Crippen LogP contribution in [0.4, 0.5) is 4.79 Å². The lowest BCUT2D eigenvalue weighted by Gasteiger charge is -2.41. The Bertz CT molecular complexity index is 757. The number of carbonyl (C=O) groups excluding carboxylic acids is 1. The fourth-order valence-electron chi connectivity index (χ4n) is 6.73. The maximum Gasteiger partial charge on any atom is 0.315 e. The van der Waals surface area contributed by atoms with Crippen molar-refractivity contribution in [2.45, 2.75) is 150 Å². The quantitative estimate of drug-likeness (QED) is 0.182. The topological polar surface area (TPSA) is 163 Å². The molecule has 232 valence electrons. The van der Waals surface area contributed by atoms with Gasteiger partial charge in [0.05, 0.1) is 30.5 Å². The highest BCUT2D eigenvalue weighted by molar-refractivity contribution is 5.75. The van der Waals surface area contributed by atoms with Crippen LogP contribution >= 0.6 is 0 Å². The average molecular weight is 561 g/mol. The van der Waals surface area contributed by atoms with E-state index in [0.29, 0.717) is 12.8 Å². The van der Waals surface area contributed by atoms with Gasteiger partial charge in [0.25, 0.3) is 0 Å². The molecular weight excluding hydrogens is 500 g/mol. The van der Waals surface area contributed by atoms with Gasteiger partial charge < -0.3 is 41.3 Å². The molecule has 9 heteroatoms. The number of rotatable bonds is 12. The van der Waals surface area contributed by atoms with Crippen molar-refractivity contribution in [1.29, 1.82) is 0 Å². The normalized spacial score (nSPS) is 27.5. The monoisotopic (exact) mass is 560 g/mol. The van der Waals surface area contributed by atoms with Gasteiger partial charge in [-0.3, -0.25) is 0 Å². The lowest BCUT2D eigenvalue weighted by molar-refractivity contribution is -0.143. The van der Waals surface area contributed by atoms with Crippen molar-refractivity contribution in [3.05, 3.63) is 0 Å². The number of aliphatic hydroxyl groups excluding tert-OH is 6. The zero-order valence-corrected chi connectivity index (χ0v) is 26.2. The third-order valence-corrected chi connectivity index (χ3v) is 7.91. The molecule has 0 aliphatic heterocycles. The van der Waals surface area contributed by atoms with Crippen molar-refractivity contribution in [2.24, 2.45) is 28.1 Å². The summed E-state index contributed by atoms with van der Waals surface area (Å²) in [6, 6.07) is -1.15. The molecular formula is C30H60N2O7. The molecule has 0 aromatic heterocycles. The first-order valence-electron chi connectivity index (χ1n) is 14.6. The van der Waals surface area contributed by atoms with Gasteiger partial charge in [0.1, 0.15) is 6.10 Å². The lowest BCUT2D eigenvalue weighted by Crippen LogP contribution is -2.55. The molecule has 0 spiro atoms. The van der Waals surface area contributed by atoms with Gasteiger partial charge in [-0.2, -0.15) is 0 Å².